The lowest BCUT2D eigenvalue weighted by Gasteiger charge is -2.14. The monoisotopic (exact) mass is 347 g/mol. The Balaban J connectivity index is 1.91. The number of carbonyl (C=O) groups excluding carboxylic acids is 2. The summed E-state index contributed by atoms with van der Waals surface area (Å²) in [5, 5.41) is 2.66. The van der Waals surface area contributed by atoms with Gasteiger partial charge in [-0.1, -0.05) is 24.3 Å². The third-order valence-corrected chi connectivity index (χ3v) is 4.16. The van der Waals surface area contributed by atoms with Gasteiger partial charge in [0.25, 0.3) is 5.91 Å². The summed E-state index contributed by atoms with van der Waals surface area (Å²) < 4.78 is 18.1. The van der Waals surface area contributed by atoms with Crippen molar-refractivity contribution < 1.29 is 18.7 Å². The zero-order chi connectivity index (χ0) is 17.5. The van der Waals surface area contributed by atoms with Crippen molar-refractivity contribution in [3.8, 4) is 0 Å². The van der Waals surface area contributed by atoms with Crippen LogP contribution < -0.4 is 5.32 Å². The van der Waals surface area contributed by atoms with Crippen molar-refractivity contribution in [3.63, 3.8) is 0 Å². The Morgan fingerprint density at radius 3 is 2.50 bits per heavy atom. The van der Waals surface area contributed by atoms with Gasteiger partial charge in [-0.05, 0) is 43.0 Å². The van der Waals surface area contributed by atoms with E-state index in [1.54, 1.807) is 24.3 Å². The fourth-order valence-corrected chi connectivity index (χ4v) is 2.61. The molecule has 2 aromatic rings. The zero-order valence-electron chi connectivity index (χ0n) is 13.4. The number of amides is 1. The molecule has 0 aliphatic heterocycles. The minimum absolute atomic E-state index is 0.238. The highest BCUT2D eigenvalue weighted by Crippen LogP contribution is 2.21. The molecule has 24 heavy (non-hydrogen) atoms. The maximum atomic E-state index is 12.8. The van der Waals surface area contributed by atoms with E-state index in [2.05, 4.69) is 5.32 Å². The Labute approximate surface area is 144 Å². The molecule has 1 N–H and O–H groups in total. The van der Waals surface area contributed by atoms with Gasteiger partial charge < -0.3 is 10.1 Å². The van der Waals surface area contributed by atoms with Gasteiger partial charge in [0.05, 0.1) is 5.56 Å². The summed E-state index contributed by atoms with van der Waals surface area (Å²) >= 11 is 1.44. The zero-order valence-corrected chi connectivity index (χ0v) is 14.2. The molecule has 1 amide bonds. The highest BCUT2D eigenvalue weighted by Gasteiger charge is 2.20. The molecule has 0 heterocycles. The fourth-order valence-electron chi connectivity index (χ4n) is 2.03. The van der Waals surface area contributed by atoms with E-state index in [0.29, 0.717) is 5.56 Å². The summed E-state index contributed by atoms with van der Waals surface area (Å²) in [5.74, 6) is -1.28. The molecular weight excluding hydrogens is 329 g/mol. The number of benzene rings is 2. The van der Waals surface area contributed by atoms with E-state index in [1.807, 2.05) is 18.4 Å². The van der Waals surface area contributed by atoms with Crippen LogP contribution in [0.1, 0.15) is 22.8 Å². The van der Waals surface area contributed by atoms with E-state index < -0.39 is 18.0 Å². The number of carbonyl (C=O) groups is 2. The molecule has 126 valence electrons. The average molecular weight is 347 g/mol. The van der Waals surface area contributed by atoms with Crippen molar-refractivity contribution in [2.24, 2.45) is 0 Å². The van der Waals surface area contributed by atoms with Gasteiger partial charge in [-0.2, -0.15) is 0 Å². The normalized spacial score (nSPS) is 11.6. The van der Waals surface area contributed by atoms with Crippen LogP contribution in [0.2, 0.25) is 0 Å². The summed E-state index contributed by atoms with van der Waals surface area (Å²) in [6.07, 6.45) is 0.943. The van der Waals surface area contributed by atoms with Crippen LogP contribution in [0.15, 0.2) is 53.4 Å². The van der Waals surface area contributed by atoms with Crippen LogP contribution in [0.25, 0.3) is 0 Å². The topological polar surface area (TPSA) is 55.4 Å². The van der Waals surface area contributed by atoms with E-state index in [1.165, 1.54) is 30.8 Å². The number of hydrogen-bond acceptors (Lipinski definition) is 4. The van der Waals surface area contributed by atoms with Gasteiger partial charge in [-0.15, -0.1) is 11.8 Å². The molecular formula is C18H18FNO3S. The van der Waals surface area contributed by atoms with E-state index in [-0.39, 0.29) is 12.4 Å². The van der Waals surface area contributed by atoms with Gasteiger partial charge in [0.2, 0.25) is 0 Å². The summed E-state index contributed by atoms with van der Waals surface area (Å²) in [6.45, 7) is 1.75. The molecule has 0 unspecified atom stereocenters. The van der Waals surface area contributed by atoms with E-state index in [9.17, 15) is 14.0 Å². The van der Waals surface area contributed by atoms with Crippen LogP contribution in [-0.4, -0.2) is 24.2 Å². The number of rotatable bonds is 6. The Kier molecular flexibility index (Phi) is 6.37. The largest absolute Gasteiger partial charge is 0.449 e. The van der Waals surface area contributed by atoms with Crippen molar-refractivity contribution >= 4 is 23.6 Å². The second-order valence-corrected chi connectivity index (χ2v) is 5.94. The molecule has 0 saturated heterocycles. The molecule has 2 rings (SSSR count). The molecule has 0 saturated carbocycles. The first kappa shape index (κ1) is 18.0. The van der Waals surface area contributed by atoms with Crippen LogP contribution in [0, 0.1) is 5.82 Å². The predicted molar refractivity (Wildman–Crippen MR) is 91.3 cm³/mol. The smallest absolute Gasteiger partial charge is 0.340 e. The Hall–Kier alpha value is -2.34. The van der Waals surface area contributed by atoms with Crippen LogP contribution in [0.4, 0.5) is 4.39 Å². The van der Waals surface area contributed by atoms with Crippen LogP contribution in [-0.2, 0) is 16.1 Å². The molecule has 0 aliphatic carbocycles. The Bertz CT molecular complexity index is 718. The first-order valence-electron chi connectivity index (χ1n) is 7.37. The summed E-state index contributed by atoms with van der Waals surface area (Å²) in [5.41, 5.74) is 1.19. The minimum Gasteiger partial charge on any atom is -0.449 e. The highest BCUT2D eigenvalue weighted by molar-refractivity contribution is 7.98. The molecule has 0 aliphatic rings. The van der Waals surface area contributed by atoms with Gasteiger partial charge in [0, 0.05) is 11.4 Å². The van der Waals surface area contributed by atoms with Crippen LogP contribution in [0.3, 0.4) is 0 Å². The van der Waals surface area contributed by atoms with Gasteiger partial charge in [0.1, 0.15) is 5.82 Å². The Morgan fingerprint density at radius 1 is 1.17 bits per heavy atom. The molecule has 0 spiro atoms. The van der Waals surface area contributed by atoms with E-state index >= 15 is 0 Å². The third kappa shape index (κ3) is 4.83. The summed E-state index contributed by atoms with van der Waals surface area (Å²) in [7, 11) is 0. The predicted octanol–water partition coefficient (Wildman–Crippen LogP) is 3.41. The maximum absolute atomic E-state index is 12.8. The number of esters is 1. The molecule has 2 aromatic carbocycles. The van der Waals surface area contributed by atoms with E-state index in [4.69, 9.17) is 4.74 Å². The number of thioether (sulfide) groups is 1. The summed E-state index contributed by atoms with van der Waals surface area (Å²) in [4.78, 5) is 25.0. The van der Waals surface area contributed by atoms with Crippen LogP contribution in [0.5, 0.6) is 0 Å². The van der Waals surface area contributed by atoms with Crippen molar-refractivity contribution in [2.75, 3.05) is 6.26 Å². The van der Waals surface area contributed by atoms with Crippen molar-refractivity contribution in [2.45, 2.75) is 24.5 Å². The lowest BCUT2D eigenvalue weighted by molar-refractivity contribution is -0.129. The lowest BCUT2D eigenvalue weighted by Crippen LogP contribution is -2.35. The molecule has 0 aromatic heterocycles. The second kappa shape index (κ2) is 8.49. The van der Waals surface area contributed by atoms with Crippen molar-refractivity contribution in [3.05, 3.63) is 65.5 Å². The van der Waals surface area contributed by atoms with Gasteiger partial charge in [0.15, 0.2) is 6.10 Å². The molecule has 0 fully saturated rings. The van der Waals surface area contributed by atoms with Gasteiger partial charge in [-0.3, -0.25) is 4.79 Å². The van der Waals surface area contributed by atoms with Crippen molar-refractivity contribution in [1.29, 1.82) is 0 Å². The van der Waals surface area contributed by atoms with Gasteiger partial charge in [-0.25, -0.2) is 9.18 Å². The minimum atomic E-state index is -0.923. The fraction of sp³-hybridized carbons (Fsp3) is 0.222. The lowest BCUT2D eigenvalue weighted by atomic mass is 10.2. The second-order valence-electron chi connectivity index (χ2n) is 5.09. The SMILES string of the molecule is CSc1ccccc1C(=O)O[C@@H](C)C(=O)NCc1ccc(F)cc1. The number of nitrogens with one attached hydrogen (secondary N) is 1. The first-order chi connectivity index (χ1) is 11.5. The van der Waals surface area contributed by atoms with Gasteiger partial charge >= 0.3 is 5.97 Å². The summed E-state index contributed by atoms with van der Waals surface area (Å²) in [6, 6.07) is 12.9. The third-order valence-electron chi connectivity index (χ3n) is 3.36. The highest BCUT2D eigenvalue weighted by atomic mass is 32.2. The number of halogens is 1. The quantitative estimate of drug-likeness (QED) is 0.643. The molecule has 0 radical (unpaired) electrons. The molecule has 1 atom stereocenters. The molecule has 0 bridgehead atoms. The standard InChI is InChI=1S/C18H18FNO3S/c1-12(17(21)20-11-13-7-9-14(19)10-8-13)23-18(22)15-5-3-4-6-16(15)24-2/h3-10,12H,11H2,1-2H3,(H,20,21)/t12-/m0/s1. The molecule has 6 heteroatoms. The average Bonchev–Trinajstić information content (AvgIpc) is 2.60. The van der Waals surface area contributed by atoms with Crippen LogP contribution >= 0.6 is 11.8 Å². The van der Waals surface area contributed by atoms with Crippen molar-refractivity contribution in [1.82, 2.24) is 5.32 Å². The number of hydrogen-bond donors (Lipinski definition) is 1. The van der Waals surface area contributed by atoms with E-state index in [0.717, 1.165) is 10.5 Å². The maximum Gasteiger partial charge on any atom is 0.340 e. The Morgan fingerprint density at radius 2 is 1.83 bits per heavy atom. The number of ether oxygens (including phenoxy) is 1. The first-order valence-corrected chi connectivity index (χ1v) is 8.60. The molecule has 4 nitrogen and oxygen atoms in total.